The summed E-state index contributed by atoms with van der Waals surface area (Å²) in [6.45, 7) is 2.55. The van der Waals surface area contributed by atoms with Crippen molar-refractivity contribution < 1.29 is 4.79 Å². The van der Waals surface area contributed by atoms with Gasteiger partial charge < -0.3 is 5.32 Å². The van der Waals surface area contributed by atoms with Gasteiger partial charge in [0.15, 0.2) is 0 Å². The first-order valence-corrected chi connectivity index (χ1v) is 6.69. The maximum atomic E-state index is 11.8. The van der Waals surface area contributed by atoms with E-state index in [2.05, 4.69) is 5.32 Å². The number of benzene rings is 2. The number of hydrogen-bond donors (Lipinski definition) is 1. The highest BCUT2D eigenvalue weighted by atomic mass is 35.5. The van der Waals surface area contributed by atoms with Gasteiger partial charge in [-0.25, -0.2) is 0 Å². The van der Waals surface area contributed by atoms with Gasteiger partial charge in [0, 0.05) is 11.6 Å². The van der Waals surface area contributed by atoms with Crippen LogP contribution in [0.1, 0.15) is 12.5 Å². The minimum atomic E-state index is 0.0157. The molecule has 0 unspecified atom stereocenters. The molecule has 0 radical (unpaired) electrons. The van der Waals surface area contributed by atoms with Crippen LogP contribution in [0.5, 0.6) is 0 Å². The Morgan fingerprint density at radius 3 is 2.58 bits per heavy atom. The predicted molar refractivity (Wildman–Crippen MR) is 79.3 cm³/mol. The summed E-state index contributed by atoms with van der Waals surface area (Å²) in [5.41, 5.74) is 3.10. The molecule has 2 nitrogen and oxygen atoms in total. The summed E-state index contributed by atoms with van der Waals surface area (Å²) in [6.07, 6.45) is 0.346. The molecule has 0 aliphatic heterocycles. The second kappa shape index (κ2) is 6.39. The molecule has 0 aromatic heterocycles. The number of carbonyl (C=O) groups excluding carboxylic acids is 1. The number of hydrogen-bond acceptors (Lipinski definition) is 1. The first-order chi connectivity index (χ1) is 9.20. The molecule has 0 spiro atoms. The molecule has 2 aromatic carbocycles. The van der Waals surface area contributed by atoms with Crippen LogP contribution >= 0.6 is 11.6 Å². The van der Waals surface area contributed by atoms with Crippen LogP contribution in [0.25, 0.3) is 11.1 Å². The van der Waals surface area contributed by atoms with Crippen LogP contribution < -0.4 is 5.32 Å². The minimum absolute atomic E-state index is 0.0157. The molecular formula is C16H16ClNO. The van der Waals surface area contributed by atoms with E-state index in [0.717, 1.165) is 16.7 Å². The van der Waals surface area contributed by atoms with Crippen molar-refractivity contribution in [1.29, 1.82) is 0 Å². The van der Waals surface area contributed by atoms with Crippen molar-refractivity contribution in [3.05, 3.63) is 59.1 Å². The Morgan fingerprint density at radius 1 is 1.16 bits per heavy atom. The van der Waals surface area contributed by atoms with E-state index in [1.54, 1.807) is 0 Å². The molecule has 1 N–H and O–H groups in total. The average molecular weight is 274 g/mol. The molecule has 0 atom stereocenters. The monoisotopic (exact) mass is 273 g/mol. The third-order valence-corrected chi connectivity index (χ3v) is 3.11. The molecule has 0 fully saturated rings. The molecule has 0 aliphatic carbocycles. The first kappa shape index (κ1) is 13.6. The van der Waals surface area contributed by atoms with Crippen LogP contribution in [0, 0.1) is 0 Å². The SMILES string of the molecule is CCNC(=O)Cc1cc(Cl)ccc1-c1ccccc1. The van der Waals surface area contributed by atoms with Crippen molar-refractivity contribution >= 4 is 17.5 Å². The van der Waals surface area contributed by atoms with Gasteiger partial charge in [0.1, 0.15) is 0 Å². The second-order valence-electron chi connectivity index (χ2n) is 4.30. The van der Waals surface area contributed by atoms with Crippen LogP contribution in [0.4, 0.5) is 0 Å². The molecule has 0 saturated heterocycles. The van der Waals surface area contributed by atoms with Gasteiger partial charge >= 0.3 is 0 Å². The van der Waals surface area contributed by atoms with Crippen molar-refractivity contribution in [2.45, 2.75) is 13.3 Å². The largest absolute Gasteiger partial charge is 0.356 e. The minimum Gasteiger partial charge on any atom is -0.356 e. The van der Waals surface area contributed by atoms with Crippen LogP contribution in [0.2, 0.25) is 5.02 Å². The van der Waals surface area contributed by atoms with Crippen molar-refractivity contribution in [1.82, 2.24) is 5.32 Å². The van der Waals surface area contributed by atoms with E-state index in [-0.39, 0.29) is 5.91 Å². The van der Waals surface area contributed by atoms with Gasteiger partial charge in [0.2, 0.25) is 5.91 Å². The lowest BCUT2D eigenvalue weighted by Crippen LogP contribution is -2.24. The molecule has 19 heavy (non-hydrogen) atoms. The predicted octanol–water partition coefficient (Wildman–Crippen LogP) is 3.69. The molecule has 0 bridgehead atoms. The quantitative estimate of drug-likeness (QED) is 0.904. The standard InChI is InChI=1S/C16H16ClNO/c1-2-18-16(19)11-13-10-14(17)8-9-15(13)12-6-4-3-5-7-12/h3-10H,2,11H2,1H3,(H,18,19). The number of rotatable bonds is 4. The van der Waals surface area contributed by atoms with E-state index in [4.69, 9.17) is 11.6 Å². The van der Waals surface area contributed by atoms with Gasteiger partial charge in [-0.15, -0.1) is 0 Å². The van der Waals surface area contributed by atoms with Gasteiger partial charge in [0.25, 0.3) is 0 Å². The summed E-state index contributed by atoms with van der Waals surface area (Å²) >= 11 is 6.03. The number of nitrogens with one attached hydrogen (secondary N) is 1. The van der Waals surface area contributed by atoms with Crippen LogP contribution in [0.15, 0.2) is 48.5 Å². The molecule has 98 valence electrons. The lowest BCUT2D eigenvalue weighted by atomic mass is 9.97. The maximum absolute atomic E-state index is 11.8. The molecule has 0 aliphatic rings. The van der Waals surface area contributed by atoms with E-state index in [1.807, 2.05) is 55.5 Å². The van der Waals surface area contributed by atoms with E-state index >= 15 is 0 Å². The van der Waals surface area contributed by atoms with Crippen LogP contribution in [-0.4, -0.2) is 12.5 Å². The second-order valence-corrected chi connectivity index (χ2v) is 4.73. The van der Waals surface area contributed by atoms with E-state index < -0.39 is 0 Å². The third-order valence-electron chi connectivity index (χ3n) is 2.88. The lowest BCUT2D eigenvalue weighted by molar-refractivity contribution is -0.120. The summed E-state index contributed by atoms with van der Waals surface area (Å²) in [7, 11) is 0. The molecular weight excluding hydrogens is 258 g/mol. The lowest BCUT2D eigenvalue weighted by Gasteiger charge is -2.10. The zero-order chi connectivity index (χ0) is 13.7. The highest BCUT2D eigenvalue weighted by Gasteiger charge is 2.09. The molecule has 1 amide bonds. The molecule has 0 saturated carbocycles. The Bertz CT molecular complexity index is 566. The van der Waals surface area contributed by atoms with E-state index in [1.165, 1.54) is 0 Å². The maximum Gasteiger partial charge on any atom is 0.224 e. The summed E-state index contributed by atoms with van der Waals surface area (Å²) < 4.78 is 0. The van der Waals surface area contributed by atoms with Gasteiger partial charge in [0.05, 0.1) is 6.42 Å². The topological polar surface area (TPSA) is 29.1 Å². The van der Waals surface area contributed by atoms with E-state index in [9.17, 15) is 4.79 Å². The highest BCUT2D eigenvalue weighted by molar-refractivity contribution is 6.30. The summed E-state index contributed by atoms with van der Waals surface area (Å²) in [5, 5.41) is 3.46. The van der Waals surface area contributed by atoms with Crippen molar-refractivity contribution in [3.63, 3.8) is 0 Å². The zero-order valence-corrected chi connectivity index (χ0v) is 11.6. The molecule has 0 heterocycles. The fourth-order valence-electron chi connectivity index (χ4n) is 2.04. The Kier molecular flexibility index (Phi) is 4.58. The number of likely N-dealkylation sites (N-methyl/N-ethyl adjacent to an activating group) is 1. The van der Waals surface area contributed by atoms with Crippen molar-refractivity contribution in [3.8, 4) is 11.1 Å². The Balaban J connectivity index is 2.36. The Labute approximate surface area is 118 Å². The van der Waals surface area contributed by atoms with Gasteiger partial charge in [-0.2, -0.15) is 0 Å². The van der Waals surface area contributed by atoms with Crippen LogP contribution in [-0.2, 0) is 11.2 Å². The molecule has 2 rings (SSSR count). The fraction of sp³-hybridized carbons (Fsp3) is 0.188. The summed E-state index contributed by atoms with van der Waals surface area (Å²) in [6, 6.07) is 15.7. The fourth-order valence-corrected chi connectivity index (χ4v) is 2.24. The number of carbonyl (C=O) groups is 1. The zero-order valence-electron chi connectivity index (χ0n) is 10.8. The average Bonchev–Trinajstić information content (AvgIpc) is 2.40. The normalized spacial score (nSPS) is 10.2. The molecule has 2 aromatic rings. The van der Waals surface area contributed by atoms with Gasteiger partial charge in [-0.05, 0) is 35.7 Å². The van der Waals surface area contributed by atoms with Crippen molar-refractivity contribution in [2.75, 3.05) is 6.54 Å². The van der Waals surface area contributed by atoms with Crippen LogP contribution in [0.3, 0.4) is 0 Å². The number of halogens is 1. The summed E-state index contributed by atoms with van der Waals surface area (Å²) in [4.78, 5) is 11.8. The van der Waals surface area contributed by atoms with Gasteiger partial charge in [-0.3, -0.25) is 4.79 Å². The van der Waals surface area contributed by atoms with Gasteiger partial charge in [-0.1, -0.05) is 48.0 Å². The summed E-state index contributed by atoms with van der Waals surface area (Å²) in [5.74, 6) is 0.0157. The first-order valence-electron chi connectivity index (χ1n) is 6.31. The Hall–Kier alpha value is -1.80. The smallest absolute Gasteiger partial charge is 0.224 e. The Morgan fingerprint density at radius 2 is 1.89 bits per heavy atom. The molecule has 3 heteroatoms. The van der Waals surface area contributed by atoms with E-state index in [0.29, 0.717) is 18.0 Å². The highest BCUT2D eigenvalue weighted by Crippen LogP contribution is 2.26. The number of amides is 1. The van der Waals surface area contributed by atoms with Crippen molar-refractivity contribution in [2.24, 2.45) is 0 Å². The third kappa shape index (κ3) is 3.58.